The molecular formula is C12H14O2. The van der Waals surface area contributed by atoms with Gasteiger partial charge < -0.3 is 9.84 Å². The van der Waals surface area contributed by atoms with Crippen LogP contribution in [0.2, 0.25) is 0 Å². The Bertz CT molecular complexity index is 355. The summed E-state index contributed by atoms with van der Waals surface area (Å²) in [5.74, 6) is 0.882. The lowest BCUT2D eigenvalue weighted by Gasteiger charge is -2.08. The van der Waals surface area contributed by atoms with Crippen LogP contribution in [0.4, 0.5) is 0 Å². The van der Waals surface area contributed by atoms with E-state index in [4.69, 9.17) is 4.74 Å². The van der Waals surface area contributed by atoms with E-state index < -0.39 is 0 Å². The minimum atomic E-state index is -0.282. The second kappa shape index (κ2) is 3.84. The molecule has 74 valence electrons. The fraction of sp³-hybridized carbons (Fsp3) is 0.333. The summed E-state index contributed by atoms with van der Waals surface area (Å²) < 4.78 is 5.27. The van der Waals surface area contributed by atoms with Crippen molar-refractivity contribution in [3.8, 4) is 5.75 Å². The molecule has 1 aliphatic rings. The highest BCUT2D eigenvalue weighted by Crippen LogP contribution is 2.33. The van der Waals surface area contributed by atoms with Crippen LogP contribution in [-0.2, 0) is 0 Å². The zero-order valence-corrected chi connectivity index (χ0v) is 8.23. The number of rotatable bonds is 2. The standard InChI is InChI=1S/C12H14O2/c1-14-12-5-3-2-4-11(12)9-6-7-10(13)8-9/h2-5,8,10,13H,6-7H2,1H3. The maximum absolute atomic E-state index is 9.41. The lowest BCUT2D eigenvalue weighted by atomic mass is 10.0. The predicted octanol–water partition coefficient (Wildman–Crippen LogP) is 2.23. The summed E-state index contributed by atoms with van der Waals surface area (Å²) in [5.41, 5.74) is 2.29. The molecule has 0 heterocycles. The quantitative estimate of drug-likeness (QED) is 0.775. The first-order chi connectivity index (χ1) is 6.81. The van der Waals surface area contributed by atoms with Gasteiger partial charge in [-0.3, -0.25) is 0 Å². The largest absolute Gasteiger partial charge is 0.496 e. The summed E-state index contributed by atoms with van der Waals surface area (Å²) in [7, 11) is 1.67. The van der Waals surface area contributed by atoms with E-state index in [9.17, 15) is 5.11 Å². The first kappa shape index (κ1) is 9.28. The van der Waals surface area contributed by atoms with Crippen molar-refractivity contribution in [2.24, 2.45) is 0 Å². The third-order valence-corrected chi connectivity index (χ3v) is 2.56. The van der Waals surface area contributed by atoms with Crippen LogP contribution in [0.3, 0.4) is 0 Å². The van der Waals surface area contributed by atoms with Crippen molar-refractivity contribution in [2.45, 2.75) is 18.9 Å². The van der Waals surface area contributed by atoms with E-state index in [1.165, 1.54) is 5.57 Å². The molecule has 14 heavy (non-hydrogen) atoms. The number of hydrogen-bond acceptors (Lipinski definition) is 2. The molecule has 2 nitrogen and oxygen atoms in total. The molecule has 1 atom stereocenters. The SMILES string of the molecule is COc1ccccc1C1=CC(O)CC1. The van der Waals surface area contributed by atoms with Crippen LogP contribution in [-0.4, -0.2) is 18.3 Å². The maximum atomic E-state index is 9.41. The number of hydrogen-bond donors (Lipinski definition) is 1. The van der Waals surface area contributed by atoms with Gasteiger partial charge in [-0.25, -0.2) is 0 Å². The van der Waals surface area contributed by atoms with Gasteiger partial charge in [0.2, 0.25) is 0 Å². The zero-order valence-electron chi connectivity index (χ0n) is 8.23. The van der Waals surface area contributed by atoms with E-state index in [-0.39, 0.29) is 6.10 Å². The number of aliphatic hydroxyl groups is 1. The molecule has 1 aromatic rings. The molecule has 0 aromatic heterocycles. The second-order valence-electron chi connectivity index (χ2n) is 3.50. The third kappa shape index (κ3) is 1.66. The summed E-state index contributed by atoms with van der Waals surface area (Å²) in [4.78, 5) is 0. The van der Waals surface area contributed by atoms with Gasteiger partial charge in [0, 0.05) is 5.56 Å². The fourth-order valence-electron chi connectivity index (χ4n) is 1.84. The number of methoxy groups -OCH3 is 1. The van der Waals surface area contributed by atoms with Crippen LogP contribution in [0.25, 0.3) is 5.57 Å². The van der Waals surface area contributed by atoms with E-state index in [1.807, 2.05) is 30.3 Å². The van der Waals surface area contributed by atoms with E-state index in [2.05, 4.69) is 0 Å². The van der Waals surface area contributed by atoms with Crippen molar-refractivity contribution >= 4 is 5.57 Å². The minimum Gasteiger partial charge on any atom is -0.496 e. The maximum Gasteiger partial charge on any atom is 0.126 e. The van der Waals surface area contributed by atoms with Crippen molar-refractivity contribution < 1.29 is 9.84 Å². The summed E-state index contributed by atoms with van der Waals surface area (Å²) in [6.07, 6.45) is 3.39. The highest BCUT2D eigenvalue weighted by atomic mass is 16.5. The molecule has 0 fully saturated rings. The van der Waals surface area contributed by atoms with E-state index in [0.717, 1.165) is 24.2 Å². The molecule has 2 heteroatoms. The molecule has 0 bridgehead atoms. The summed E-state index contributed by atoms with van der Waals surface area (Å²) in [6, 6.07) is 7.92. The molecule has 1 aromatic carbocycles. The van der Waals surface area contributed by atoms with Crippen molar-refractivity contribution in [1.82, 2.24) is 0 Å². The number of allylic oxidation sites excluding steroid dienone is 1. The molecule has 1 unspecified atom stereocenters. The summed E-state index contributed by atoms with van der Waals surface area (Å²) in [6.45, 7) is 0. The number of benzene rings is 1. The summed E-state index contributed by atoms with van der Waals surface area (Å²) in [5, 5.41) is 9.41. The van der Waals surface area contributed by atoms with Gasteiger partial charge in [-0.2, -0.15) is 0 Å². The van der Waals surface area contributed by atoms with Crippen LogP contribution >= 0.6 is 0 Å². The van der Waals surface area contributed by atoms with Crippen molar-refractivity contribution in [2.75, 3.05) is 7.11 Å². The molecule has 0 saturated carbocycles. The Hall–Kier alpha value is -1.28. The molecule has 2 rings (SSSR count). The zero-order chi connectivity index (χ0) is 9.97. The van der Waals surface area contributed by atoms with E-state index in [1.54, 1.807) is 7.11 Å². The molecule has 0 aliphatic heterocycles. The van der Waals surface area contributed by atoms with Gasteiger partial charge in [-0.1, -0.05) is 24.3 Å². The van der Waals surface area contributed by atoms with Crippen molar-refractivity contribution in [3.05, 3.63) is 35.9 Å². The van der Waals surface area contributed by atoms with Crippen molar-refractivity contribution in [3.63, 3.8) is 0 Å². The second-order valence-corrected chi connectivity index (χ2v) is 3.50. The average molecular weight is 190 g/mol. The van der Waals surface area contributed by atoms with Gasteiger partial charge in [-0.05, 0) is 24.5 Å². The van der Waals surface area contributed by atoms with Crippen molar-refractivity contribution in [1.29, 1.82) is 0 Å². The van der Waals surface area contributed by atoms with Gasteiger partial charge in [-0.15, -0.1) is 0 Å². The van der Waals surface area contributed by atoms with Gasteiger partial charge in [0.1, 0.15) is 5.75 Å². The Labute approximate surface area is 83.8 Å². The molecular weight excluding hydrogens is 176 g/mol. The first-order valence-electron chi connectivity index (χ1n) is 4.83. The predicted molar refractivity (Wildman–Crippen MR) is 56.2 cm³/mol. The fourth-order valence-corrected chi connectivity index (χ4v) is 1.84. The number of aliphatic hydroxyl groups excluding tert-OH is 1. The lowest BCUT2D eigenvalue weighted by Crippen LogP contribution is -1.93. The Kier molecular flexibility index (Phi) is 2.55. The lowest BCUT2D eigenvalue weighted by molar-refractivity contribution is 0.223. The normalized spacial score (nSPS) is 20.7. The highest BCUT2D eigenvalue weighted by molar-refractivity contribution is 5.72. The Balaban J connectivity index is 2.36. The molecule has 0 radical (unpaired) electrons. The van der Waals surface area contributed by atoms with Gasteiger partial charge in [0.05, 0.1) is 13.2 Å². The molecule has 0 saturated heterocycles. The molecule has 0 amide bonds. The number of ether oxygens (including phenoxy) is 1. The highest BCUT2D eigenvalue weighted by Gasteiger charge is 2.16. The monoisotopic (exact) mass is 190 g/mol. The molecule has 1 aliphatic carbocycles. The Morgan fingerprint density at radius 3 is 2.79 bits per heavy atom. The third-order valence-electron chi connectivity index (χ3n) is 2.56. The van der Waals surface area contributed by atoms with Gasteiger partial charge in [0.15, 0.2) is 0 Å². The minimum absolute atomic E-state index is 0.282. The van der Waals surface area contributed by atoms with Crippen LogP contribution in [0.1, 0.15) is 18.4 Å². The van der Waals surface area contributed by atoms with Crippen LogP contribution in [0, 0.1) is 0 Å². The van der Waals surface area contributed by atoms with E-state index in [0.29, 0.717) is 0 Å². The van der Waals surface area contributed by atoms with Crippen LogP contribution < -0.4 is 4.74 Å². The van der Waals surface area contributed by atoms with Gasteiger partial charge in [0.25, 0.3) is 0 Å². The molecule has 0 spiro atoms. The topological polar surface area (TPSA) is 29.5 Å². The average Bonchev–Trinajstić information content (AvgIpc) is 2.65. The molecule has 1 N–H and O–H groups in total. The van der Waals surface area contributed by atoms with Crippen LogP contribution in [0.15, 0.2) is 30.3 Å². The Morgan fingerprint density at radius 2 is 2.14 bits per heavy atom. The summed E-state index contributed by atoms with van der Waals surface area (Å²) >= 11 is 0. The Morgan fingerprint density at radius 1 is 1.36 bits per heavy atom. The first-order valence-corrected chi connectivity index (χ1v) is 4.83. The number of para-hydroxylation sites is 1. The van der Waals surface area contributed by atoms with Crippen LogP contribution in [0.5, 0.6) is 5.75 Å². The smallest absolute Gasteiger partial charge is 0.126 e. The van der Waals surface area contributed by atoms with E-state index >= 15 is 0 Å². The van der Waals surface area contributed by atoms with Gasteiger partial charge >= 0.3 is 0 Å².